The summed E-state index contributed by atoms with van der Waals surface area (Å²) in [6.07, 6.45) is 14.7. The van der Waals surface area contributed by atoms with E-state index in [1.807, 2.05) is 0 Å². The van der Waals surface area contributed by atoms with Gasteiger partial charge in [0, 0.05) is 6.04 Å². The maximum Gasteiger partial charge on any atom is 0.0413 e. The van der Waals surface area contributed by atoms with E-state index in [4.69, 9.17) is 0 Å². The Morgan fingerprint density at radius 1 is 1.20 bits per heavy atom. The molecule has 1 rings (SSSR count). The Balaban J connectivity index is 2.68. The fraction of sp³-hybridized carbons (Fsp3) is 0.571. The van der Waals surface area contributed by atoms with Crippen molar-refractivity contribution in [2.24, 2.45) is 5.92 Å². The van der Waals surface area contributed by atoms with E-state index < -0.39 is 0 Å². The summed E-state index contributed by atoms with van der Waals surface area (Å²) in [5.74, 6) is 0.555. The summed E-state index contributed by atoms with van der Waals surface area (Å²) in [5, 5.41) is 3.43. The standard InChI is InChI=1S/C14H23N/c1-4-5-10-14-11-15-13(3)9-7-6-8-12(14)2/h6-9,11-13,15H,4-5,10H2,1-3H3/b8-6-,9-7-,14-11-. The average Bonchev–Trinajstić information content (AvgIpc) is 2.30. The Morgan fingerprint density at radius 3 is 2.67 bits per heavy atom. The van der Waals surface area contributed by atoms with Crippen LogP contribution in [0.2, 0.25) is 0 Å². The van der Waals surface area contributed by atoms with Gasteiger partial charge in [0.25, 0.3) is 0 Å². The van der Waals surface area contributed by atoms with Crippen molar-refractivity contribution in [3.63, 3.8) is 0 Å². The van der Waals surface area contributed by atoms with Crippen LogP contribution >= 0.6 is 0 Å². The van der Waals surface area contributed by atoms with Crippen LogP contribution in [-0.2, 0) is 0 Å². The lowest BCUT2D eigenvalue weighted by Crippen LogP contribution is -2.18. The van der Waals surface area contributed by atoms with Crippen molar-refractivity contribution in [1.82, 2.24) is 5.32 Å². The van der Waals surface area contributed by atoms with E-state index >= 15 is 0 Å². The summed E-state index contributed by atoms with van der Waals surface area (Å²) in [6.45, 7) is 6.69. The highest BCUT2D eigenvalue weighted by Crippen LogP contribution is 2.19. The van der Waals surface area contributed by atoms with Crippen molar-refractivity contribution in [1.29, 1.82) is 0 Å². The lowest BCUT2D eigenvalue weighted by molar-refractivity contribution is 0.687. The molecule has 0 aromatic carbocycles. The summed E-state index contributed by atoms with van der Waals surface area (Å²) in [5.41, 5.74) is 1.52. The largest absolute Gasteiger partial charge is 0.385 e. The van der Waals surface area contributed by atoms with Gasteiger partial charge in [-0.1, -0.05) is 44.6 Å². The van der Waals surface area contributed by atoms with Gasteiger partial charge >= 0.3 is 0 Å². The zero-order valence-electron chi connectivity index (χ0n) is 10.2. The molecule has 0 aromatic rings. The topological polar surface area (TPSA) is 12.0 Å². The second kappa shape index (κ2) is 6.49. The Kier molecular flexibility index (Phi) is 5.23. The molecular formula is C14H23N. The van der Waals surface area contributed by atoms with Crippen LogP contribution in [-0.4, -0.2) is 6.04 Å². The van der Waals surface area contributed by atoms with Crippen molar-refractivity contribution in [2.75, 3.05) is 0 Å². The highest BCUT2D eigenvalue weighted by molar-refractivity contribution is 5.18. The van der Waals surface area contributed by atoms with Gasteiger partial charge in [0.15, 0.2) is 0 Å². The molecule has 1 aliphatic rings. The Hall–Kier alpha value is -0.980. The van der Waals surface area contributed by atoms with Crippen LogP contribution in [0.4, 0.5) is 0 Å². The van der Waals surface area contributed by atoms with Gasteiger partial charge in [-0.3, -0.25) is 0 Å². The third kappa shape index (κ3) is 4.37. The normalized spacial score (nSPS) is 33.9. The summed E-state index contributed by atoms with van der Waals surface area (Å²) in [6, 6.07) is 0.427. The molecule has 0 spiro atoms. The predicted octanol–water partition coefficient (Wildman–Crippen LogP) is 3.80. The molecule has 0 fully saturated rings. The molecule has 1 N–H and O–H groups in total. The van der Waals surface area contributed by atoms with Crippen LogP contribution in [0.5, 0.6) is 0 Å². The van der Waals surface area contributed by atoms with E-state index in [-0.39, 0.29) is 0 Å². The minimum atomic E-state index is 0.427. The van der Waals surface area contributed by atoms with Gasteiger partial charge in [-0.25, -0.2) is 0 Å². The lowest BCUT2D eigenvalue weighted by Gasteiger charge is -2.13. The maximum absolute atomic E-state index is 3.43. The number of rotatable bonds is 3. The molecule has 1 aliphatic heterocycles. The first-order chi connectivity index (χ1) is 7.24. The number of nitrogens with one attached hydrogen (secondary N) is 1. The first-order valence-corrected chi connectivity index (χ1v) is 6.04. The second-order valence-electron chi connectivity index (χ2n) is 4.34. The SMILES string of the molecule is CCCC/C1=C/NC(C)/C=C\C=C/C1C. The van der Waals surface area contributed by atoms with E-state index in [9.17, 15) is 0 Å². The molecular weight excluding hydrogens is 182 g/mol. The summed E-state index contributed by atoms with van der Waals surface area (Å²) >= 11 is 0. The van der Waals surface area contributed by atoms with Gasteiger partial charge in [-0.05, 0) is 37.5 Å². The summed E-state index contributed by atoms with van der Waals surface area (Å²) < 4.78 is 0. The zero-order valence-corrected chi connectivity index (χ0v) is 10.2. The van der Waals surface area contributed by atoms with E-state index in [2.05, 4.69) is 56.6 Å². The highest BCUT2D eigenvalue weighted by Gasteiger charge is 2.06. The minimum Gasteiger partial charge on any atom is -0.385 e. The first kappa shape index (κ1) is 12.1. The number of allylic oxidation sites excluding steroid dienone is 4. The van der Waals surface area contributed by atoms with Crippen LogP contribution in [0, 0.1) is 5.92 Å². The smallest absolute Gasteiger partial charge is 0.0413 e. The van der Waals surface area contributed by atoms with E-state index in [0.29, 0.717) is 12.0 Å². The molecule has 0 radical (unpaired) electrons. The summed E-state index contributed by atoms with van der Waals surface area (Å²) in [7, 11) is 0. The van der Waals surface area contributed by atoms with Crippen molar-refractivity contribution >= 4 is 0 Å². The molecule has 1 heterocycles. The molecule has 0 amide bonds. The first-order valence-electron chi connectivity index (χ1n) is 6.04. The van der Waals surface area contributed by atoms with Gasteiger partial charge < -0.3 is 5.32 Å². The predicted molar refractivity (Wildman–Crippen MR) is 67.6 cm³/mol. The zero-order chi connectivity index (χ0) is 11.1. The maximum atomic E-state index is 3.43. The van der Waals surface area contributed by atoms with Crippen LogP contribution in [0.25, 0.3) is 0 Å². The molecule has 2 unspecified atom stereocenters. The van der Waals surface area contributed by atoms with Crippen LogP contribution in [0.15, 0.2) is 36.1 Å². The van der Waals surface area contributed by atoms with Gasteiger partial charge in [0.05, 0.1) is 0 Å². The summed E-state index contributed by atoms with van der Waals surface area (Å²) in [4.78, 5) is 0. The van der Waals surface area contributed by atoms with Crippen LogP contribution < -0.4 is 5.32 Å². The fourth-order valence-corrected chi connectivity index (χ4v) is 1.69. The highest BCUT2D eigenvalue weighted by atomic mass is 14.9. The van der Waals surface area contributed by atoms with Crippen molar-refractivity contribution in [3.8, 4) is 0 Å². The second-order valence-corrected chi connectivity index (χ2v) is 4.34. The molecule has 0 bridgehead atoms. The van der Waals surface area contributed by atoms with E-state index in [1.165, 1.54) is 24.8 Å². The molecule has 15 heavy (non-hydrogen) atoms. The quantitative estimate of drug-likeness (QED) is 0.739. The van der Waals surface area contributed by atoms with Gasteiger partial charge in [-0.2, -0.15) is 0 Å². The van der Waals surface area contributed by atoms with Gasteiger partial charge in [-0.15, -0.1) is 0 Å². The Bertz CT molecular complexity index is 261. The monoisotopic (exact) mass is 205 g/mol. The fourth-order valence-electron chi connectivity index (χ4n) is 1.69. The van der Waals surface area contributed by atoms with E-state index in [1.54, 1.807) is 0 Å². The molecule has 0 saturated heterocycles. The Morgan fingerprint density at radius 2 is 1.93 bits per heavy atom. The minimum absolute atomic E-state index is 0.427. The van der Waals surface area contributed by atoms with Gasteiger partial charge in [0.2, 0.25) is 0 Å². The molecule has 2 atom stereocenters. The number of hydrogen-bond donors (Lipinski definition) is 1. The number of unbranched alkanes of at least 4 members (excludes halogenated alkanes) is 1. The van der Waals surface area contributed by atoms with Crippen LogP contribution in [0.1, 0.15) is 40.0 Å². The van der Waals surface area contributed by atoms with Crippen molar-refractivity contribution < 1.29 is 0 Å². The third-order valence-corrected chi connectivity index (χ3v) is 2.85. The molecule has 84 valence electrons. The van der Waals surface area contributed by atoms with E-state index in [0.717, 1.165) is 0 Å². The third-order valence-electron chi connectivity index (χ3n) is 2.85. The van der Waals surface area contributed by atoms with Crippen molar-refractivity contribution in [3.05, 3.63) is 36.1 Å². The molecule has 0 aliphatic carbocycles. The Labute approximate surface area is 94.0 Å². The molecule has 0 saturated carbocycles. The van der Waals surface area contributed by atoms with Gasteiger partial charge in [0.1, 0.15) is 0 Å². The molecule has 1 nitrogen and oxygen atoms in total. The lowest BCUT2D eigenvalue weighted by atomic mass is 9.96. The average molecular weight is 205 g/mol. The van der Waals surface area contributed by atoms with Crippen molar-refractivity contribution in [2.45, 2.75) is 46.1 Å². The number of hydrogen-bond acceptors (Lipinski definition) is 1. The van der Waals surface area contributed by atoms with Crippen LogP contribution in [0.3, 0.4) is 0 Å². The molecule has 1 heteroatoms. The molecule has 0 aromatic heterocycles.